The predicted octanol–water partition coefficient (Wildman–Crippen LogP) is 5.84. The van der Waals surface area contributed by atoms with Crippen molar-refractivity contribution in [1.82, 2.24) is 0 Å². The molecule has 0 atom stereocenters. The van der Waals surface area contributed by atoms with E-state index in [1.54, 1.807) is 19.1 Å². The van der Waals surface area contributed by atoms with Crippen LogP contribution in [-0.4, -0.2) is 19.1 Å². The summed E-state index contributed by atoms with van der Waals surface area (Å²) in [6, 6.07) is 17.1. The van der Waals surface area contributed by atoms with Crippen molar-refractivity contribution in [3.8, 4) is 11.5 Å². The van der Waals surface area contributed by atoms with Crippen LogP contribution in [-0.2, 0) is 0 Å². The lowest BCUT2D eigenvalue weighted by atomic mass is 10.1. The number of nitrogens with one attached hydrogen (secondary N) is 1. The molecule has 7 heteroatoms. The second-order valence-corrected chi connectivity index (χ2v) is 6.24. The zero-order valence-electron chi connectivity index (χ0n) is 15.4. The van der Waals surface area contributed by atoms with Crippen molar-refractivity contribution in [2.75, 3.05) is 11.9 Å². The molecule has 0 bridgehead atoms. The Balaban J connectivity index is 1.61. The second kappa shape index (κ2) is 7.79. The van der Waals surface area contributed by atoms with Crippen LogP contribution in [0.2, 0.25) is 0 Å². The van der Waals surface area contributed by atoms with Crippen LogP contribution in [0.15, 0.2) is 65.1 Å². The summed E-state index contributed by atoms with van der Waals surface area (Å²) < 4.78 is 40.6. The van der Waals surface area contributed by atoms with Gasteiger partial charge >= 0.3 is 6.61 Å². The van der Waals surface area contributed by atoms with E-state index < -0.39 is 12.5 Å². The van der Waals surface area contributed by atoms with Crippen molar-refractivity contribution < 1.29 is 27.5 Å². The number of rotatable bonds is 6. The third-order valence-electron chi connectivity index (χ3n) is 4.36. The molecular formula is C22H17F2NO4. The summed E-state index contributed by atoms with van der Waals surface area (Å²) in [5.41, 5.74) is 2.32. The molecule has 4 rings (SSSR count). The Morgan fingerprint density at radius 3 is 2.59 bits per heavy atom. The Labute approximate surface area is 164 Å². The first-order valence-electron chi connectivity index (χ1n) is 8.99. The lowest BCUT2D eigenvalue weighted by Gasteiger charge is -2.13. The Morgan fingerprint density at radius 1 is 1.00 bits per heavy atom. The molecule has 4 aromatic rings. The average molecular weight is 397 g/mol. The van der Waals surface area contributed by atoms with Crippen LogP contribution in [0.25, 0.3) is 21.9 Å². The molecule has 0 aliphatic carbocycles. The Bertz CT molecular complexity index is 1190. The van der Waals surface area contributed by atoms with Crippen molar-refractivity contribution in [2.24, 2.45) is 0 Å². The van der Waals surface area contributed by atoms with E-state index in [0.717, 1.165) is 21.9 Å². The molecule has 0 saturated heterocycles. The van der Waals surface area contributed by atoms with Gasteiger partial charge in [0.1, 0.15) is 11.2 Å². The van der Waals surface area contributed by atoms with E-state index in [1.807, 2.05) is 30.3 Å². The number of para-hydroxylation sites is 1. The molecule has 1 aromatic heterocycles. The van der Waals surface area contributed by atoms with Crippen LogP contribution in [0, 0.1) is 0 Å². The minimum atomic E-state index is -2.98. The molecule has 0 radical (unpaired) electrons. The fourth-order valence-corrected chi connectivity index (χ4v) is 3.12. The Kier molecular flexibility index (Phi) is 5.03. The highest BCUT2D eigenvalue weighted by Gasteiger charge is 2.15. The highest BCUT2D eigenvalue weighted by atomic mass is 19.3. The van der Waals surface area contributed by atoms with Crippen LogP contribution in [0.4, 0.5) is 14.5 Å². The van der Waals surface area contributed by atoms with Crippen LogP contribution < -0.4 is 14.8 Å². The molecule has 3 aromatic carbocycles. The zero-order chi connectivity index (χ0) is 20.4. The van der Waals surface area contributed by atoms with E-state index in [4.69, 9.17) is 9.15 Å². The van der Waals surface area contributed by atoms with Gasteiger partial charge in [-0.2, -0.15) is 8.78 Å². The number of furan rings is 1. The summed E-state index contributed by atoms with van der Waals surface area (Å²) in [4.78, 5) is 12.7. The quantitative estimate of drug-likeness (QED) is 0.444. The summed E-state index contributed by atoms with van der Waals surface area (Å²) in [5, 5.41) is 4.64. The first-order valence-corrected chi connectivity index (χ1v) is 8.99. The molecular weight excluding hydrogens is 380 g/mol. The van der Waals surface area contributed by atoms with Crippen LogP contribution in [0.1, 0.15) is 17.3 Å². The van der Waals surface area contributed by atoms with Gasteiger partial charge in [-0.25, -0.2) is 0 Å². The van der Waals surface area contributed by atoms with Gasteiger partial charge in [0.2, 0.25) is 0 Å². The monoisotopic (exact) mass is 397 g/mol. The largest absolute Gasteiger partial charge is 0.490 e. The van der Waals surface area contributed by atoms with Crippen molar-refractivity contribution in [3.05, 3.63) is 66.2 Å². The van der Waals surface area contributed by atoms with E-state index in [1.165, 1.54) is 18.2 Å². The Morgan fingerprint density at radius 2 is 1.79 bits per heavy atom. The third kappa shape index (κ3) is 3.85. The highest BCUT2D eigenvalue weighted by molar-refractivity contribution is 6.09. The minimum absolute atomic E-state index is 0.0803. The van der Waals surface area contributed by atoms with Crippen LogP contribution in [0.5, 0.6) is 11.5 Å². The second-order valence-electron chi connectivity index (χ2n) is 6.24. The number of hydrogen-bond acceptors (Lipinski definition) is 4. The Hall–Kier alpha value is -3.61. The number of halogens is 2. The molecule has 29 heavy (non-hydrogen) atoms. The van der Waals surface area contributed by atoms with E-state index in [2.05, 4.69) is 10.1 Å². The summed E-state index contributed by atoms with van der Waals surface area (Å²) in [6.45, 7) is -1.02. The van der Waals surface area contributed by atoms with Gasteiger partial charge in [-0.1, -0.05) is 18.2 Å². The van der Waals surface area contributed by atoms with E-state index in [-0.39, 0.29) is 23.7 Å². The number of carbonyl (C=O) groups is 1. The van der Waals surface area contributed by atoms with Gasteiger partial charge in [0.05, 0.1) is 6.61 Å². The van der Waals surface area contributed by atoms with Gasteiger partial charge in [0, 0.05) is 22.0 Å². The van der Waals surface area contributed by atoms with E-state index >= 15 is 0 Å². The molecule has 1 heterocycles. The topological polar surface area (TPSA) is 60.7 Å². The molecule has 0 unspecified atom stereocenters. The normalized spacial score (nSPS) is 11.2. The molecule has 0 aliphatic rings. The number of fused-ring (bicyclic) bond motifs is 3. The third-order valence-corrected chi connectivity index (χ3v) is 4.36. The van der Waals surface area contributed by atoms with Gasteiger partial charge in [0.15, 0.2) is 11.5 Å². The number of amides is 1. The highest BCUT2D eigenvalue weighted by Crippen LogP contribution is 2.32. The van der Waals surface area contributed by atoms with Crippen LogP contribution in [0.3, 0.4) is 0 Å². The number of ether oxygens (including phenoxy) is 2. The first-order chi connectivity index (χ1) is 14.0. The van der Waals surface area contributed by atoms with Gasteiger partial charge in [0.25, 0.3) is 5.91 Å². The molecule has 5 nitrogen and oxygen atoms in total. The maximum atomic E-state index is 12.7. The van der Waals surface area contributed by atoms with E-state index in [9.17, 15) is 13.6 Å². The van der Waals surface area contributed by atoms with Crippen molar-refractivity contribution in [3.63, 3.8) is 0 Å². The fraction of sp³-hybridized carbons (Fsp3) is 0.136. The van der Waals surface area contributed by atoms with E-state index in [0.29, 0.717) is 5.69 Å². The van der Waals surface area contributed by atoms with Crippen molar-refractivity contribution in [1.29, 1.82) is 0 Å². The minimum Gasteiger partial charge on any atom is -0.490 e. The van der Waals surface area contributed by atoms with Gasteiger partial charge in [-0.3, -0.25) is 4.79 Å². The van der Waals surface area contributed by atoms with Crippen molar-refractivity contribution >= 4 is 33.5 Å². The zero-order valence-corrected chi connectivity index (χ0v) is 15.4. The number of benzene rings is 3. The average Bonchev–Trinajstić information content (AvgIpc) is 3.07. The molecule has 1 amide bonds. The lowest BCUT2D eigenvalue weighted by Crippen LogP contribution is -2.12. The molecule has 0 fully saturated rings. The molecule has 0 aliphatic heterocycles. The maximum absolute atomic E-state index is 12.7. The predicted molar refractivity (Wildman–Crippen MR) is 106 cm³/mol. The van der Waals surface area contributed by atoms with Crippen molar-refractivity contribution in [2.45, 2.75) is 13.5 Å². The number of anilines is 1. The van der Waals surface area contributed by atoms with Gasteiger partial charge in [-0.15, -0.1) is 0 Å². The molecule has 148 valence electrons. The fourth-order valence-electron chi connectivity index (χ4n) is 3.12. The summed E-state index contributed by atoms with van der Waals surface area (Å²) in [5.74, 6) is -0.442. The summed E-state index contributed by atoms with van der Waals surface area (Å²) in [6.07, 6.45) is 0. The number of alkyl halides is 2. The smallest absolute Gasteiger partial charge is 0.387 e. The number of carbonyl (C=O) groups excluding carboxylic acids is 1. The lowest BCUT2D eigenvalue weighted by molar-refractivity contribution is -0.0514. The number of hydrogen-bond donors (Lipinski definition) is 1. The SMILES string of the molecule is CCOc1cc(C(=O)Nc2ccc3oc4ccccc4c3c2)ccc1OC(F)F. The van der Waals surface area contributed by atoms with Gasteiger partial charge in [-0.05, 0) is 49.4 Å². The molecule has 1 N–H and O–H groups in total. The standard InChI is InChI=1S/C22H17F2NO4/c1-2-27-20-11-13(7-9-19(20)29-22(23)24)21(26)25-14-8-10-18-16(12-14)15-5-3-4-6-17(15)28-18/h3-12,22H,2H2,1H3,(H,25,26). The summed E-state index contributed by atoms with van der Waals surface area (Å²) in [7, 11) is 0. The summed E-state index contributed by atoms with van der Waals surface area (Å²) >= 11 is 0. The van der Waals surface area contributed by atoms with Gasteiger partial charge < -0.3 is 19.2 Å². The molecule has 0 saturated carbocycles. The maximum Gasteiger partial charge on any atom is 0.387 e. The molecule has 0 spiro atoms. The van der Waals surface area contributed by atoms with Crippen LogP contribution >= 0.6 is 0 Å². The first kappa shape index (κ1) is 18.7.